The highest BCUT2D eigenvalue weighted by atomic mass is 35.5. The van der Waals surface area contributed by atoms with Gasteiger partial charge < -0.3 is 20.3 Å². The topological polar surface area (TPSA) is 88.8 Å². The zero-order valence-electron chi connectivity index (χ0n) is 11.0. The fourth-order valence-electron chi connectivity index (χ4n) is 2.01. The van der Waals surface area contributed by atoms with Crippen molar-refractivity contribution in [1.82, 2.24) is 14.8 Å². The second kappa shape index (κ2) is 5.96. The Morgan fingerprint density at radius 1 is 1.30 bits per heavy atom. The number of aromatic nitrogens is 1. The van der Waals surface area contributed by atoms with Crippen molar-refractivity contribution in [3.05, 3.63) is 23.0 Å². The number of hydrogen-bond donors (Lipinski definition) is 1. The van der Waals surface area contributed by atoms with Crippen LogP contribution in [0.2, 0.25) is 5.15 Å². The van der Waals surface area contributed by atoms with E-state index in [0.717, 1.165) is 0 Å². The zero-order valence-corrected chi connectivity index (χ0v) is 11.8. The van der Waals surface area contributed by atoms with Crippen LogP contribution in [0.5, 0.6) is 0 Å². The lowest BCUT2D eigenvalue weighted by molar-refractivity contribution is 0.0599. The van der Waals surface area contributed by atoms with Gasteiger partial charge in [0, 0.05) is 26.2 Å². The summed E-state index contributed by atoms with van der Waals surface area (Å²) < 4.78 is 4.64. The Morgan fingerprint density at radius 3 is 2.50 bits per heavy atom. The number of nitrogens with two attached hydrogens (primary N) is 1. The summed E-state index contributed by atoms with van der Waals surface area (Å²) in [5.74, 6) is -0.237. The molecule has 0 aliphatic carbocycles. The predicted octanol–water partition coefficient (Wildman–Crippen LogP) is 0.841. The highest BCUT2D eigenvalue weighted by molar-refractivity contribution is 6.32. The molecule has 0 aromatic carbocycles. The van der Waals surface area contributed by atoms with Crippen molar-refractivity contribution >= 4 is 29.3 Å². The third kappa shape index (κ3) is 2.93. The van der Waals surface area contributed by atoms with Gasteiger partial charge in [0.2, 0.25) is 0 Å². The molecule has 1 saturated heterocycles. The second-order valence-electron chi connectivity index (χ2n) is 4.36. The van der Waals surface area contributed by atoms with Crippen LogP contribution in [-0.4, -0.2) is 60.1 Å². The van der Waals surface area contributed by atoms with E-state index in [1.165, 1.54) is 19.4 Å². The summed E-state index contributed by atoms with van der Waals surface area (Å²) in [6.07, 6.45) is 1.01. The Balaban J connectivity index is 2.05. The molecule has 0 atom stereocenters. The summed E-state index contributed by atoms with van der Waals surface area (Å²) in [7, 11) is 1.33. The van der Waals surface area contributed by atoms with Gasteiger partial charge in [-0.15, -0.1) is 0 Å². The summed E-state index contributed by atoms with van der Waals surface area (Å²) in [5, 5.41) is 0.125. The van der Waals surface area contributed by atoms with Gasteiger partial charge in [-0.1, -0.05) is 11.6 Å². The van der Waals surface area contributed by atoms with Crippen molar-refractivity contribution in [1.29, 1.82) is 0 Å². The van der Waals surface area contributed by atoms with Crippen molar-refractivity contribution in [3.63, 3.8) is 0 Å². The molecular formula is C12H15ClN4O3. The minimum Gasteiger partial charge on any atom is -0.453 e. The Hall–Kier alpha value is -2.02. The number of halogens is 1. The highest BCUT2D eigenvalue weighted by Crippen LogP contribution is 2.18. The summed E-state index contributed by atoms with van der Waals surface area (Å²) in [4.78, 5) is 30.7. The average Bonchev–Trinajstić information content (AvgIpc) is 2.48. The van der Waals surface area contributed by atoms with Gasteiger partial charge >= 0.3 is 6.09 Å². The van der Waals surface area contributed by atoms with E-state index in [2.05, 4.69) is 9.72 Å². The number of pyridine rings is 1. The Bertz CT molecular complexity index is 529. The van der Waals surface area contributed by atoms with Gasteiger partial charge in [0.15, 0.2) is 0 Å². The number of carbonyl (C=O) groups excluding carboxylic acids is 2. The molecule has 0 bridgehead atoms. The summed E-state index contributed by atoms with van der Waals surface area (Å²) in [6.45, 7) is 1.68. The minimum absolute atomic E-state index is 0.125. The summed E-state index contributed by atoms with van der Waals surface area (Å²) >= 11 is 5.91. The Labute approximate surface area is 121 Å². The van der Waals surface area contributed by atoms with E-state index < -0.39 is 0 Å². The monoisotopic (exact) mass is 298 g/mol. The molecule has 0 unspecified atom stereocenters. The predicted molar refractivity (Wildman–Crippen MR) is 73.5 cm³/mol. The molecule has 1 aromatic rings. The number of carbonyl (C=O) groups is 2. The molecule has 0 saturated carbocycles. The molecule has 2 rings (SSSR count). The second-order valence-corrected chi connectivity index (χ2v) is 4.71. The summed E-state index contributed by atoms with van der Waals surface area (Å²) in [6, 6.07) is 1.50. The number of hydrogen-bond acceptors (Lipinski definition) is 5. The molecule has 1 aliphatic rings. The molecular weight excluding hydrogens is 284 g/mol. The van der Waals surface area contributed by atoms with E-state index in [-0.39, 0.29) is 22.7 Å². The van der Waals surface area contributed by atoms with Crippen LogP contribution in [0.3, 0.4) is 0 Å². The Kier molecular flexibility index (Phi) is 4.29. The summed E-state index contributed by atoms with van der Waals surface area (Å²) in [5.41, 5.74) is 6.27. The first-order valence-corrected chi connectivity index (χ1v) is 6.44. The van der Waals surface area contributed by atoms with E-state index >= 15 is 0 Å². The number of nitrogen functional groups attached to an aromatic ring is 1. The normalized spacial score (nSPS) is 15.1. The maximum Gasteiger partial charge on any atom is 0.409 e. The van der Waals surface area contributed by atoms with Crippen molar-refractivity contribution in [2.24, 2.45) is 0 Å². The SMILES string of the molecule is COC(=O)N1CCN(C(=O)c2cc(N)cnc2Cl)CC1. The number of rotatable bonds is 1. The number of ether oxygens (including phenoxy) is 1. The van der Waals surface area contributed by atoms with Crippen molar-refractivity contribution < 1.29 is 14.3 Å². The largest absolute Gasteiger partial charge is 0.453 e. The van der Waals surface area contributed by atoms with Crippen LogP contribution in [0.25, 0.3) is 0 Å². The van der Waals surface area contributed by atoms with Crippen LogP contribution in [0, 0.1) is 0 Å². The number of piperazine rings is 1. The number of nitrogens with zero attached hydrogens (tertiary/aromatic N) is 3. The maximum absolute atomic E-state index is 12.3. The fraction of sp³-hybridized carbons (Fsp3) is 0.417. The van der Waals surface area contributed by atoms with E-state index in [1.54, 1.807) is 9.80 Å². The molecule has 2 heterocycles. The molecule has 1 fully saturated rings. The molecule has 7 nitrogen and oxygen atoms in total. The van der Waals surface area contributed by atoms with Gasteiger partial charge in [-0.05, 0) is 6.07 Å². The van der Waals surface area contributed by atoms with Crippen molar-refractivity contribution in [3.8, 4) is 0 Å². The van der Waals surface area contributed by atoms with Gasteiger partial charge in [0.05, 0.1) is 24.6 Å². The molecule has 2 amide bonds. The lowest BCUT2D eigenvalue weighted by atomic mass is 10.2. The van der Waals surface area contributed by atoms with Gasteiger partial charge in [0.1, 0.15) is 5.15 Å². The van der Waals surface area contributed by atoms with Gasteiger partial charge in [0.25, 0.3) is 5.91 Å². The number of amides is 2. The number of anilines is 1. The standard InChI is InChI=1S/C12H15ClN4O3/c1-20-12(19)17-4-2-16(3-5-17)11(18)9-6-8(14)7-15-10(9)13/h6-7H,2-5,14H2,1H3. The van der Waals surface area contributed by atoms with Crippen LogP contribution in [-0.2, 0) is 4.74 Å². The van der Waals surface area contributed by atoms with Gasteiger partial charge in [-0.2, -0.15) is 0 Å². The molecule has 0 radical (unpaired) electrons. The van der Waals surface area contributed by atoms with Crippen LogP contribution < -0.4 is 5.73 Å². The van der Waals surface area contributed by atoms with E-state index in [9.17, 15) is 9.59 Å². The quantitative estimate of drug-likeness (QED) is 0.776. The third-order valence-electron chi connectivity index (χ3n) is 3.09. The van der Waals surface area contributed by atoms with Crippen LogP contribution >= 0.6 is 11.6 Å². The van der Waals surface area contributed by atoms with Crippen molar-refractivity contribution in [2.45, 2.75) is 0 Å². The lowest BCUT2D eigenvalue weighted by Gasteiger charge is -2.33. The highest BCUT2D eigenvalue weighted by Gasteiger charge is 2.26. The maximum atomic E-state index is 12.3. The van der Waals surface area contributed by atoms with Crippen molar-refractivity contribution in [2.75, 3.05) is 39.0 Å². The molecule has 0 spiro atoms. The molecule has 2 N–H and O–H groups in total. The molecule has 20 heavy (non-hydrogen) atoms. The molecule has 1 aliphatic heterocycles. The molecule has 108 valence electrons. The molecule has 8 heteroatoms. The van der Waals surface area contributed by atoms with Crippen LogP contribution in [0.15, 0.2) is 12.3 Å². The first kappa shape index (κ1) is 14.4. The first-order chi connectivity index (χ1) is 9.52. The lowest BCUT2D eigenvalue weighted by Crippen LogP contribution is -2.50. The zero-order chi connectivity index (χ0) is 14.7. The molecule has 1 aromatic heterocycles. The van der Waals surface area contributed by atoms with E-state index in [4.69, 9.17) is 17.3 Å². The van der Waals surface area contributed by atoms with Gasteiger partial charge in [-0.3, -0.25) is 4.79 Å². The Morgan fingerprint density at radius 2 is 1.90 bits per heavy atom. The first-order valence-electron chi connectivity index (χ1n) is 6.06. The van der Waals surface area contributed by atoms with E-state index in [0.29, 0.717) is 31.9 Å². The van der Waals surface area contributed by atoms with Crippen LogP contribution in [0.1, 0.15) is 10.4 Å². The van der Waals surface area contributed by atoms with Crippen LogP contribution in [0.4, 0.5) is 10.5 Å². The van der Waals surface area contributed by atoms with Gasteiger partial charge in [-0.25, -0.2) is 9.78 Å². The van der Waals surface area contributed by atoms with E-state index in [1.807, 2.05) is 0 Å². The minimum atomic E-state index is -0.388. The smallest absolute Gasteiger partial charge is 0.409 e. The third-order valence-corrected chi connectivity index (χ3v) is 3.39. The average molecular weight is 299 g/mol. The number of methoxy groups -OCH3 is 1. The fourth-order valence-corrected chi connectivity index (χ4v) is 2.19.